The molecule has 0 atom stereocenters. The van der Waals surface area contributed by atoms with Crippen LogP contribution in [0.2, 0.25) is 0 Å². The number of halogens is 2. The van der Waals surface area contributed by atoms with Crippen LogP contribution in [-0.2, 0) is 19.1 Å². The van der Waals surface area contributed by atoms with E-state index in [0.717, 1.165) is 6.08 Å². The van der Waals surface area contributed by atoms with E-state index in [0.29, 0.717) is 20.9 Å². The highest BCUT2D eigenvalue weighted by atomic mass is 79.9. The van der Waals surface area contributed by atoms with Crippen molar-refractivity contribution in [3.63, 3.8) is 0 Å². The van der Waals surface area contributed by atoms with Crippen LogP contribution in [0, 0.1) is 0 Å². The zero-order chi connectivity index (χ0) is 16.0. The minimum Gasteiger partial charge on any atom is -0.466 e. The van der Waals surface area contributed by atoms with Crippen molar-refractivity contribution < 1.29 is 23.9 Å². The van der Waals surface area contributed by atoms with E-state index in [-0.39, 0.29) is 11.3 Å². The van der Waals surface area contributed by atoms with Crippen molar-refractivity contribution in [3.05, 3.63) is 38.4 Å². The average molecular weight is 421 g/mol. The Balaban J connectivity index is 3.27. The van der Waals surface area contributed by atoms with Crippen LogP contribution >= 0.6 is 31.9 Å². The smallest absolute Gasteiger partial charge is 0.354 e. The van der Waals surface area contributed by atoms with Crippen LogP contribution in [0.3, 0.4) is 0 Å². The van der Waals surface area contributed by atoms with Crippen molar-refractivity contribution in [2.45, 2.75) is 0 Å². The number of rotatable bonds is 5. The van der Waals surface area contributed by atoms with Gasteiger partial charge in [0.1, 0.15) is 5.70 Å². The minimum absolute atomic E-state index is 0.157. The summed E-state index contributed by atoms with van der Waals surface area (Å²) in [6.07, 6.45) is 1.56. The highest BCUT2D eigenvalue weighted by Crippen LogP contribution is 2.31. The topological polar surface area (TPSA) is 81.7 Å². The molecule has 0 saturated carbocycles. The van der Waals surface area contributed by atoms with Gasteiger partial charge in [0.25, 0.3) is 0 Å². The summed E-state index contributed by atoms with van der Waals surface area (Å²) < 4.78 is 10.2. The summed E-state index contributed by atoms with van der Waals surface area (Å²) in [5, 5.41) is 2.70. The maximum atomic E-state index is 11.7. The number of anilines is 1. The number of aldehydes is 1. The molecule has 0 heterocycles. The fourth-order valence-electron chi connectivity index (χ4n) is 1.39. The summed E-state index contributed by atoms with van der Waals surface area (Å²) in [4.78, 5) is 34.1. The third-order valence-corrected chi connectivity index (χ3v) is 3.42. The van der Waals surface area contributed by atoms with Gasteiger partial charge in [0, 0.05) is 14.5 Å². The molecule has 0 aromatic heterocycles. The second-order valence-electron chi connectivity index (χ2n) is 3.67. The molecule has 0 amide bonds. The summed E-state index contributed by atoms with van der Waals surface area (Å²) in [6, 6.07) is 3.25. The van der Waals surface area contributed by atoms with E-state index in [4.69, 9.17) is 0 Å². The molecule has 0 aliphatic rings. The van der Waals surface area contributed by atoms with Crippen LogP contribution in [0.15, 0.2) is 32.9 Å². The van der Waals surface area contributed by atoms with E-state index in [9.17, 15) is 14.4 Å². The van der Waals surface area contributed by atoms with Gasteiger partial charge in [-0.1, -0.05) is 15.9 Å². The van der Waals surface area contributed by atoms with E-state index in [1.807, 2.05) is 0 Å². The lowest BCUT2D eigenvalue weighted by molar-refractivity contribution is -0.138. The summed E-state index contributed by atoms with van der Waals surface area (Å²) in [7, 11) is 2.35. The van der Waals surface area contributed by atoms with E-state index < -0.39 is 11.9 Å². The molecule has 1 rings (SSSR count). The van der Waals surface area contributed by atoms with Gasteiger partial charge in [0.2, 0.25) is 0 Å². The molecule has 8 heteroatoms. The summed E-state index contributed by atoms with van der Waals surface area (Å²) >= 11 is 6.53. The van der Waals surface area contributed by atoms with Crippen LogP contribution in [0.25, 0.3) is 0 Å². The van der Waals surface area contributed by atoms with Crippen molar-refractivity contribution in [2.75, 3.05) is 19.5 Å². The lowest BCUT2D eigenvalue weighted by Crippen LogP contribution is -2.16. The molecule has 6 nitrogen and oxygen atoms in total. The monoisotopic (exact) mass is 419 g/mol. The molecular weight excluding hydrogens is 410 g/mol. The Morgan fingerprint density at radius 1 is 1.19 bits per heavy atom. The largest absolute Gasteiger partial charge is 0.466 e. The van der Waals surface area contributed by atoms with Gasteiger partial charge >= 0.3 is 11.9 Å². The quantitative estimate of drug-likeness (QED) is 0.448. The van der Waals surface area contributed by atoms with Crippen molar-refractivity contribution in [2.24, 2.45) is 0 Å². The van der Waals surface area contributed by atoms with E-state index in [1.165, 1.54) is 14.2 Å². The number of hydrogen-bond acceptors (Lipinski definition) is 6. The molecule has 112 valence electrons. The van der Waals surface area contributed by atoms with Crippen molar-refractivity contribution in [3.8, 4) is 0 Å². The molecule has 0 aliphatic carbocycles. The molecular formula is C13H11Br2NO5. The molecule has 1 aromatic rings. The Hall–Kier alpha value is -1.67. The van der Waals surface area contributed by atoms with Gasteiger partial charge in [-0.3, -0.25) is 4.79 Å². The zero-order valence-corrected chi connectivity index (χ0v) is 14.3. The van der Waals surface area contributed by atoms with Gasteiger partial charge in [-0.25, -0.2) is 9.59 Å². The summed E-state index contributed by atoms with van der Waals surface area (Å²) in [5.41, 5.74) is 0.458. The number of ether oxygens (including phenoxy) is 2. The molecule has 0 spiro atoms. The van der Waals surface area contributed by atoms with Gasteiger partial charge in [-0.05, 0) is 28.1 Å². The normalized spacial score (nSPS) is 10.8. The van der Waals surface area contributed by atoms with Crippen LogP contribution in [0.5, 0.6) is 0 Å². The Kier molecular flexibility index (Phi) is 6.57. The van der Waals surface area contributed by atoms with Gasteiger partial charge in [-0.2, -0.15) is 0 Å². The molecule has 0 fully saturated rings. The van der Waals surface area contributed by atoms with Gasteiger partial charge in [-0.15, -0.1) is 0 Å². The Morgan fingerprint density at radius 3 is 2.38 bits per heavy atom. The first-order chi connectivity index (χ1) is 9.92. The predicted octanol–water partition coefficient (Wildman–Crippen LogP) is 2.67. The molecule has 1 N–H and O–H groups in total. The van der Waals surface area contributed by atoms with E-state index in [2.05, 4.69) is 46.7 Å². The number of benzene rings is 1. The fourth-order valence-corrected chi connectivity index (χ4v) is 2.74. The molecule has 0 bridgehead atoms. The number of esters is 2. The van der Waals surface area contributed by atoms with Gasteiger partial charge in [0.15, 0.2) is 6.29 Å². The SMILES string of the molecule is COC(=O)/C=C(/Nc1c(Br)cc(Br)cc1C=O)C(=O)OC. The van der Waals surface area contributed by atoms with Crippen molar-refractivity contribution in [1.82, 2.24) is 0 Å². The second kappa shape index (κ2) is 7.94. The summed E-state index contributed by atoms with van der Waals surface area (Å²) in [5.74, 6) is -1.50. The van der Waals surface area contributed by atoms with Crippen LogP contribution < -0.4 is 5.32 Å². The first-order valence-corrected chi connectivity index (χ1v) is 7.10. The first kappa shape index (κ1) is 17.4. The Bertz CT molecular complexity index is 613. The maximum Gasteiger partial charge on any atom is 0.354 e. The predicted molar refractivity (Wildman–Crippen MR) is 83.0 cm³/mol. The van der Waals surface area contributed by atoms with Crippen LogP contribution in [-0.4, -0.2) is 32.4 Å². The maximum absolute atomic E-state index is 11.7. The highest BCUT2D eigenvalue weighted by molar-refractivity contribution is 9.11. The first-order valence-electron chi connectivity index (χ1n) is 5.52. The third kappa shape index (κ3) is 4.68. The van der Waals surface area contributed by atoms with Crippen LogP contribution in [0.4, 0.5) is 5.69 Å². The Morgan fingerprint density at radius 2 is 1.86 bits per heavy atom. The average Bonchev–Trinajstić information content (AvgIpc) is 2.47. The number of methoxy groups -OCH3 is 2. The molecule has 0 radical (unpaired) electrons. The molecule has 21 heavy (non-hydrogen) atoms. The summed E-state index contributed by atoms with van der Waals surface area (Å²) in [6.45, 7) is 0. The zero-order valence-electron chi connectivity index (χ0n) is 11.1. The number of carbonyl (C=O) groups is 3. The molecule has 0 saturated heterocycles. The second-order valence-corrected chi connectivity index (χ2v) is 5.44. The van der Waals surface area contributed by atoms with E-state index >= 15 is 0 Å². The molecule has 1 aromatic carbocycles. The molecule has 0 unspecified atom stereocenters. The highest BCUT2D eigenvalue weighted by Gasteiger charge is 2.16. The number of carbonyl (C=O) groups excluding carboxylic acids is 3. The fraction of sp³-hybridized carbons (Fsp3) is 0.154. The lowest BCUT2D eigenvalue weighted by Gasteiger charge is -2.13. The molecule has 0 aliphatic heterocycles. The number of nitrogens with one attached hydrogen (secondary N) is 1. The van der Waals surface area contributed by atoms with Crippen molar-refractivity contribution >= 4 is 55.8 Å². The third-order valence-electron chi connectivity index (χ3n) is 2.34. The lowest BCUT2D eigenvalue weighted by atomic mass is 10.2. The van der Waals surface area contributed by atoms with E-state index in [1.54, 1.807) is 12.1 Å². The van der Waals surface area contributed by atoms with Gasteiger partial charge < -0.3 is 14.8 Å². The van der Waals surface area contributed by atoms with Gasteiger partial charge in [0.05, 0.1) is 26.0 Å². The van der Waals surface area contributed by atoms with Crippen LogP contribution in [0.1, 0.15) is 10.4 Å². The van der Waals surface area contributed by atoms with Crippen molar-refractivity contribution in [1.29, 1.82) is 0 Å². The Labute approximate surface area is 137 Å². The number of hydrogen-bond donors (Lipinski definition) is 1. The standard InChI is InChI=1S/C13H11Br2NO5/c1-20-11(18)5-10(13(19)21-2)16-12-7(6-17)3-8(14)4-9(12)15/h3-6,16H,1-2H3/b10-5+. The minimum atomic E-state index is -0.771.